The van der Waals surface area contributed by atoms with Gasteiger partial charge in [0.1, 0.15) is 5.82 Å². The largest absolute Gasteiger partial charge is 0.361 e. The summed E-state index contributed by atoms with van der Waals surface area (Å²) in [6.45, 7) is 0.933. The Morgan fingerprint density at radius 3 is 3.15 bits per heavy atom. The van der Waals surface area contributed by atoms with Crippen molar-refractivity contribution in [2.75, 3.05) is 23.7 Å². The molecule has 5 nitrogen and oxygen atoms in total. The second-order valence-corrected chi connectivity index (χ2v) is 3.02. The van der Waals surface area contributed by atoms with Crippen molar-refractivity contribution >= 4 is 17.4 Å². The highest BCUT2D eigenvalue weighted by atomic mass is 16.2. The molecule has 13 heavy (non-hydrogen) atoms. The van der Waals surface area contributed by atoms with E-state index in [1.807, 2.05) is 6.07 Å². The summed E-state index contributed by atoms with van der Waals surface area (Å²) in [6.07, 6.45) is 0.796. The maximum Gasteiger partial charge on any atom is 0.243 e. The smallest absolute Gasteiger partial charge is 0.243 e. The predicted molar refractivity (Wildman–Crippen MR) is 50.7 cm³/mol. The number of fused-ring (bicyclic) bond motifs is 1. The predicted octanol–water partition coefficient (Wildman–Crippen LogP) is -0.120. The number of amides is 1. The summed E-state index contributed by atoms with van der Waals surface area (Å²) in [5.74, 6) is 0.869. The van der Waals surface area contributed by atoms with Gasteiger partial charge in [-0.15, -0.1) is 0 Å². The van der Waals surface area contributed by atoms with Gasteiger partial charge in [0.2, 0.25) is 5.91 Å². The Kier molecular flexibility index (Phi) is 1.94. The third kappa shape index (κ3) is 1.50. The van der Waals surface area contributed by atoms with Crippen molar-refractivity contribution in [2.45, 2.75) is 6.42 Å². The molecular formula is C8H12N4O. The molecule has 0 bridgehead atoms. The highest BCUT2D eigenvalue weighted by Crippen LogP contribution is 2.24. The average molecular weight is 180 g/mol. The fourth-order valence-electron chi connectivity index (χ4n) is 1.40. The number of nitrogens with one attached hydrogen (secondary N) is 3. The molecule has 0 spiro atoms. The van der Waals surface area contributed by atoms with Crippen LogP contribution in [0, 0.1) is 0 Å². The van der Waals surface area contributed by atoms with Crippen molar-refractivity contribution in [3.05, 3.63) is 11.8 Å². The summed E-state index contributed by atoms with van der Waals surface area (Å²) < 4.78 is 0. The van der Waals surface area contributed by atoms with Crippen LogP contribution in [0.4, 0.5) is 11.5 Å². The maximum atomic E-state index is 11.0. The number of carbonyl (C=O) groups is 1. The Labute approximate surface area is 75.7 Å². The van der Waals surface area contributed by atoms with Gasteiger partial charge in [-0.3, -0.25) is 4.79 Å². The lowest BCUT2D eigenvalue weighted by atomic mass is 10.3. The Balaban J connectivity index is 2.23. The molecular weight excluding hydrogens is 168 g/mol. The van der Waals surface area contributed by atoms with Gasteiger partial charge >= 0.3 is 0 Å². The molecule has 1 aromatic heterocycles. The summed E-state index contributed by atoms with van der Waals surface area (Å²) in [5, 5.41) is 5.75. The van der Waals surface area contributed by atoms with Gasteiger partial charge in [-0.1, -0.05) is 0 Å². The zero-order valence-electron chi connectivity index (χ0n) is 7.18. The van der Waals surface area contributed by atoms with Crippen LogP contribution in [-0.4, -0.2) is 24.0 Å². The van der Waals surface area contributed by atoms with E-state index in [-0.39, 0.29) is 5.91 Å². The summed E-state index contributed by atoms with van der Waals surface area (Å²) in [5.41, 5.74) is 7.28. The molecule has 0 unspecified atom stereocenters. The Morgan fingerprint density at radius 1 is 1.54 bits per heavy atom. The number of aromatic amines is 1. The number of hydrogen-bond acceptors (Lipinski definition) is 3. The van der Waals surface area contributed by atoms with E-state index in [1.54, 1.807) is 0 Å². The first-order valence-corrected chi connectivity index (χ1v) is 4.25. The van der Waals surface area contributed by atoms with E-state index in [2.05, 4.69) is 15.6 Å². The lowest BCUT2D eigenvalue weighted by Crippen LogP contribution is -2.26. The van der Waals surface area contributed by atoms with Crippen molar-refractivity contribution in [1.29, 1.82) is 0 Å². The van der Waals surface area contributed by atoms with E-state index in [9.17, 15) is 4.79 Å². The number of carbonyl (C=O) groups excluding carboxylic acids is 1. The van der Waals surface area contributed by atoms with Crippen LogP contribution >= 0.6 is 0 Å². The quantitative estimate of drug-likeness (QED) is 0.512. The molecule has 2 rings (SSSR count). The molecule has 0 radical (unpaired) electrons. The second kappa shape index (κ2) is 3.10. The normalized spacial score (nSPS) is 14.7. The van der Waals surface area contributed by atoms with E-state index >= 15 is 0 Å². The summed E-state index contributed by atoms with van der Waals surface area (Å²) in [7, 11) is 0. The summed E-state index contributed by atoms with van der Waals surface area (Å²) >= 11 is 0. The van der Waals surface area contributed by atoms with Crippen LogP contribution in [0.3, 0.4) is 0 Å². The first kappa shape index (κ1) is 8.12. The summed E-state index contributed by atoms with van der Waals surface area (Å²) in [6, 6.07) is 1.91. The van der Waals surface area contributed by atoms with Gasteiger partial charge in [-0.25, -0.2) is 0 Å². The van der Waals surface area contributed by atoms with E-state index in [4.69, 9.17) is 5.73 Å². The Morgan fingerprint density at radius 2 is 2.38 bits per heavy atom. The molecule has 0 atom stereocenters. The molecule has 1 aliphatic rings. The number of rotatable bonds is 2. The van der Waals surface area contributed by atoms with E-state index < -0.39 is 0 Å². The SMILES string of the molecule is NCCc1cc2c([nH]1)NCC(=O)N2. The molecule has 5 N–H and O–H groups in total. The second-order valence-electron chi connectivity index (χ2n) is 3.02. The van der Waals surface area contributed by atoms with Crippen LogP contribution in [0.25, 0.3) is 0 Å². The van der Waals surface area contributed by atoms with Gasteiger partial charge in [0.15, 0.2) is 0 Å². The minimum atomic E-state index is -0.00852. The Hall–Kier alpha value is -1.49. The van der Waals surface area contributed by atoms with E-state index in [1.165, 1.54) is 0 Å². The van der Waals surface area contributed by atoms with Gasteiger partial charge in [-0.2, -0.15) is 0 Å². The summed E-state index contributed by atoms with van der Waals surface area (Å²) in [4.78, 5) is 14.1. The molecule has 1 aliphatic heterocycles. The van der Waals surface area contributed by atoms with Crippen molar-refractivity contribution in [1.82, 2.24) is 4.98 Å². The molecule has 1 aromatic rings. The van der Waals surface area contributed by atoms with Crippen molar-refractivity contribution in [3.8, 4) is 0 Å². The topological polar surface area (TPSA) is 82.9 Å². The van der Waals surface area contributed by atoms with Gasteiger partial charge in [0, 0.05) is 5.69 Å². The highest BCUT2D eigenvalue weighted by molar-refractivity contribution is 5.99. The van der Waals surface area contributed by atoms with E-state index in [0.29, 0.717) is 13.1 Å². The van der Waals surface area contributed by atoms with Gasteiger partial charge < -0.3 is 21.4 Å². The molecule has 0 saturated carbocycles. The molecule has 0 aliphatic carbocycles. The van der Waals surface area contributed by atoms with Crippen LogP contribution < -0.4 is 16.4 Å². The molecule has 0 fully saturated rings. The molecule has 2 heterocycles. The molecule has 0 aromatic carbocycles. The molecule has 70 valence electrons. The van der Waals surface area contributed by atoms with Crippen LogP contribution in [0.15, 0.2) is 6.07 Å². The Bertz CT molecular complexity index is 331. The third-order valence-corrected chi connectivity index (χ3v) is 1.99. The lowest BCUT2D eigenvalue weighted by molar-refractivity contribution is -0.114. The van der Waals surface area contributed by atoms with Gasteiger partial charge in [-0.05, 0) is 19.0 Å². The van der Waals surface area contributed by atoms with Crippen LogP contribution in [0.1, 0.15) is 5.69 Å². The first-order chi connectivity index (χ1) is 6.29. The van der Waals surface area contributed by atoms with Crippen molar-refractivity contribution in [2.24, 2.45) is 5.73 Å². The molecule has 5 heteroatoms. The van der Waals surface area contributed by atoms with Crippen molar-refractivity contribution < 1.29 is 4.79 Å². The maximum absolute atomic E-state index is 11.0. The number of anilines is 2. The van der Waals surface area contributed by atoms with Crippen LogP contribution in [0.2, 0.25) is 0 Å². The fraction of sp³-hybridized carbons (Fsp3) is 0.375. The lowest BCUT2D eigenvalue weighted by Gasteiger charge is -2.13. The first-order valence-electron chi connectivity index (χ1n) is 4.25. The number of H-pyrrole nitrogens is 1. The fourth-order valence-corrected chi connectivity index (χ4v) is 1.40. The molecule has 0 saturated heterocycles. The van der Waals surface area contributed by atoms with Gasteiger partial charge in [0.25, 0.3) is 0 Å². The van der Waals surface area contributed by atoms with Crippen LogP contribution in [-0.2, 0) is 11.2 Å². The molecule has 1 amide bonds. The van der Waals surface area contributed by atoms with E-state index in [0.717, 1.165) is 23.6 Å². The standard InChI is InChI=1S/C8H12N4O/c9-2-1-5-3-6-8(11-5)10-4-7(13)12-6/h3,10-11H,1-2,4,9H2,(H,12,13). The zero-order valence-corrected chi connectivity index (χ0v) is 7.18. The average Bonchev–Trinajstić information content (AvgIpc) is 2.46. The van der Waals surface area contributed by atoms with Gasteiger partial charge in [0.05, 0.1) is 12.2 Å². The third-order valence-electron chi connectivity index (χ3n) is 1.99. The number of aromatic nitrogens is 1. The minimum absolute atomic E-state index is 0.00852. The number of hydrogen-bond donors (Lipinski definition) is 4. The number of nitrogens with two attached hydrogens (primary N) is 1. The zero-order chi connectivity index (χ0) is 9.26. The van der Waals surface area contributed by atoms with Crippen molar-refractivity contribution in [3.63, 3.8) is 0 Å². The van der Waals surface area contributed by atoms with Crippen LogP contribution in [0.5, 0.6) is 0 Å². The minimum Gasteiger partial charge on any atom is -0.361 e. The highest BCUT2D eigenvalue weighted by Gasteiger charge is 2.15. The monoisotopic (exact) mass is 180 g/mol.